The highest BCUT2D eigenvalue weighted by molar-refractivity contribution is 5.05. The first-order chi connectivity index (χ1) is 9.06. The summed E-state index contributed by atoms with van der Waals surface area (Å²) in [7, 11) is 0. The molecule has 1 aliphatic rings. The fourth-order valence-corrected chi connectivity index (χ4v) is 3.43. The largest absolute Gasteiger partial charge is 0.300 e. The van der Waals surface area contributed by atoms with Crippen molar-refractivity contribution in [3.8, 4) is 6.07 Å². The molecule has 2 unspecified atom stereocenters. The Morgan fingerprint density at radius 2 is 2.00 bits per heavy atom. The van der Waals surface area contributed by atoms with Crippen molar-refractivity contribution >= 4 is 0 Å². The number of nitrogens with zero attached hydrogens (tertiary/aromatic N) is 2. The molecule has 2 atom stereocenters. The van der Waals surface area contributed by atoms with Crippen molar-refractivity contribution in [2.45, 2.75) is 83.8 Å². The lowest BCUT2D eigenvalue weighted by atomic mass is 9.93. The van der Waals surface area contributed by atoms with E-state index in [1.54, 1.807) is 0 Å². The molecule has 0 spiro atoms. The highest BCUT2D eigenvalue weighted by Crippen LogP contribution is 2.27. The van der Waals surface area contributed by atoms with Crippen LogP contribution in [0.1, 0.15) is 66.2 Å². The van der Waals surface area contributed by atoms with E-state index in [0.29, 0.717) is 6.04 Å². The first-order valence-electron chi connectivity index (χ1n) is 7.98. The van der Waals surface area contributed by atoms with E-state index in [2.05, 4.69) is 37.1 Å². The van der Waals surface area contributed by atoms with E-state index in [4.69, 9.17) is 0 Å². The lowest BCUT2D eigenvalue weighted by molar-refractivity contribution is 0.130. The number of nitrogens with one attached hydrogen (secondary N) is 1. The van der Waals surface area contributed by atoms with Crippen LogP contribution in [0.3, 0.4) is 0 Å². The second-order valence-electron chi connectivity index (χ2n) is 6.19. The van der Waals surface area contributed by atoms with Gasteiger partial charge < -0.3 is 0 Å². The van der Waals surface area contributed by atoms with Gasteiger partial charge >= 0.3 is 0 Å². The summed E-state index contributed by atoms with van der Waals surface area (Å²) in [5, 5.41) is 12.9. The molecular weight excluding hydrogens is 234 g/mol. The van der Waals surface area contributed by atoms with Crippen molar-refractivity contribution in [3.05, 3.63) is 0 Å². The van der Waals surface area contributed by atoms with E-state index in [9.17, 15) is 5.26 Å². The van der Waals surface area contributed by atoms with E-state index in [0.717, 1.165) is 32.0 Å². The maximum absolute atomic E-state index is 9.45. The average molecular weight is 265 g/mol. The van der Waals surface area contributed by atoms with E-state index in [-0.39, 0.29) is 5.54 Å². The topological polar surface area (TPSA) is 39.1 Å². The fourth-order valence-electron chi connectivity index (χ4n) is 3.43. The molecule has 19 heavy (non-hydrogen) atoms. The molecule has 0 aromatic carbocycles. The van der Waals surface area contributed by atoms with Gasteiger partial charge in [-0.05, 0) is 52.6 Å². The van der Waals surface area contributed by atoms with Gasteiger partial charge in [-0.25, -0.2) is 0 Å². The molecule has 1 saturated carbocycles. The fraction of sp³-hybridized carbons (Fsp3) is 0.938. The van der Waals surface area contributed by atoms with Crippen LogP contribution in [0.5, 0.6) is 0 Å². The quantitative estimate of drug-likeness (QED) is 0.732. The molecule has 1 fully saturated rings. The van der Waals surface area contributed by atoms with E-state index in [1.807, 2.05) is 6.92 Å². The molecule has 0 amide bonds. The Labute approximate surface area is 119 Å². The average Bonchev–Trinajstić information content (AvgIpc) is 2.91. The van der Waals surface area contributed by atoms with Gasteiger partial charge in [0.05, 0.1) is 6.07 Å². The molecule has 0 bridgehead atoms. The molecule has 0 aliphatic heterocycles. The Morgan fingerprint density at radius 3 is 2.47 bits per heavy atom. The van der Waals surface area contributed by atoms with Gasteiger partial charge in [-0.1, -0.05) is 26.7 Å². The van der Waals surface area contributed by atoms with Gasteiger partial charge in [0, 0.05) is 12.1 Å². The molecule has 0 saturated heterocycles. The van der Waals surface area contributed by atoms with Gasteiger partial charge in [0.25, 0.3) is 0 Å². The van der Waals surface area contributed by atoms with Crippen molar-refractivity contribution in [2.75, 3.05) is 13.1 Å². The molecule has 1 N–H and O–H groups in total. The number of hydrogen-bond donors (Lipinski definition) is 1. The molecule has 0 aromatic rings. The third kappa shape index (κ3) is 4.78. The summed E-state index contributed by atoms with van der Waals surface area (Å²) in [4.78, 5) is 2.61. The predicted molar refractivity (Wildman–Crippen MR) is 81.0 cm³/mol. The van der Waals surface area contributed by atoms with Gasteiger partial charge in [-0.15, -0.1) is 0 Å². The van der Waals surface area contributed by atoms with Crippen LogP contribution in [-0.4, -0.2) is 35.6 Å². The van der Waals surface area contributed by atoms with Gasteiger partial charge in [0.15, 0.2) is 0 Å². The minimum absolute atomic E-state index is 0.387. The number of hydrogen-bond acceptors (Lipinski definition) is 3. The van der Waals surface area contributed by atoms with Crippen molar-refractivity contribution in [1.29, 1.82) is 5.26 Å². The van der Waals surface area contributed by atoms with E-state index < -0.39 is 0 Å². The van der Waals surface area contributed by atoms with Crippen LogP contribution >= 0.6 is 0 Å². The Bertz CT molecular complexity index is 291. The zero-order valence-corrected chi connectivity index (χ0v) is 13.2. The second-order valence-corrected chi connectivity index (χ2v) is 6.19. The summed E-state index contributed by atoms with van der Waals surface area (Å²) < 4.78 is 0. The molecule has 3 heteroatoms. The first kappa shape index (κ1) is 16.5. The SMILES string of the molecule is CCCNC(C)(C#N)CC(C)N(CC)C1CCCC1. The molecule has 1 rings (SSSR count). The molecular formula is C16H31N3. The summed E-state index contributed by atoms with van der Waals surface area (Å²) >= 11 is 0. The maximum atomic E-state index is 9.45. The molecule has 3 nitrogen and oxygen atoms in total. The van der Waals surface area contributed by atoms with Crippen molar-refractivity contribution in [1.82, 2.24) is 10.2 Å². The Balaban J connectivity index is 2.58. The normalized spacial score (nSPS) is 21.3. The predicted octanol–water partition coefficient (Wildman–Crippen LogP) is 3.31. The lowest BCUT2D eigenvalue weighted by Crippen LogP contribution is -2.49. The van der Waals surface area contributed by atoms with E-state index in [1.165, 1.54) is 25.7 Å². The van der Waals surface area contributed by atoms with Crippen LogP contribution in [0.25, 0.3) is 0 Å². The van der Waals surface area contributed by atoms with E-state index >= 15 is 0 Å². The van der Waals surface area contributed by atoms with Crippen LogP contribution in [0.15, 0.2) is 0 Å². The highest BCUT2D eigenvalue weighted by atomic mass is 15.2. The third-order valence-corrected chi connectivity index (χ3v) is 4.44. The van der Waals surface area contributed by atoms with Crippen LogP contribution in [0.4, 0.5) is 0 Å². The lowest BCUT2D eigenvalue weighted by Gasteiger charge is -2.37. The maximum Gasteiger partial charge on any atom is 0.105 e. The van der Waals surface area contributed by atoms with Gasteiger partial charge in [0.2, 0.25) is 0 Å². The molecule has 0 heterocycles. The van der Waals surface area contributed by atoms with Crippen molar-refractivity contribution in [3.63, 3.8) is 0 Å². The summed E-state index contributed by atoms with van der Waals surface area (Å²) in [6.07, 6.45) is 7.41. The van der Waals surface area contributed by atoms with Crippen LogP contribution < -0.4 is 5.32 Å². The summed E-state index contributed by atoms with van der Waals surface area (Å²) in [6, 6.07) is 3.69. The zero-order chi connectivity index (χ0) is 14.3. The Hall–Kier alpha value is -0.590. The van der Waals surface area contributed by atoms with Crippen LogP contribution in [-0.2, 0) is 0 Å². The number of rotatable bonds is 8. The van der Waals surface area contributed by atoms with Gasteiger partial charge in [-0.3, -0.25) is 10.2 Å². The summed E-state index contributed by atoms with van der Waals surface area (Å²) in [5.41, 5.74) is -0.387. The summed E-state index contributed by atoms with van der Waals surface area (Å²) in [5.74, 6) is 0. The summed E-state index contributed by atoms with van der Waals surface area (Å²) in [6.45, 7) is 10.7. The Morgan fingerprint density at radius 1 is 1.37 bits per heavy atom. The highest BCUT2D eigenvalue weighted by Gasteiger charge is 2.31. The van der Waals surface area contributed by atoms with Crippen LogP contribution in [0.2, 0.25) is 0 Å². The van der Waals surface area contributed by atoms with Gasteiger partial charge in [-0.2, -0.15) is 5.26 Å². The molecule has 0 aromatic heterocycles. The van der Waals surface area contributed by atoms with Crippen molar-refractivity contribution in [2.24, 2.45) is 0 Å². The second kappa shape index (κ2) is 7.87. The number of nitriles is 1. The zero-order valence-electron chi connectivity index (χ0n) is 13.2. The smallest absolute Gasteiger partial charge is 0.105 e. The monoisotopic (exact) mass is 265 g/mol. The molecule has 0 radical (unpaired) electrons. The van der Waals surface area contributed by atoms with Crippen molar-refractivity contribution < 1.29 is 0 Å². The Kier molecular flexibility index (Phi) is 6.82. The minimum atomic E-state index is -0.387. The minimum Gasteiger partial charge on any atom is -0.300 e. The van der Waals surface area contributed by atoms with Gasteiger partial charge in [0.1, 0.15) is 5.54 Å². The standard InChI is InChI=1S/C16H31N3/c1-5-11-18-16(4,13-17)12-14(3)19(6-2)15-9-7-8-10-15/h14-15,18H,5-12H2,1-4H3. The first-order valence-corrected chi connectivity index (χ1v) is 7.98. The van der Waals surface area contributed by atoms with Crippen LogP contribution in [0, 0.1) is 11.3 Å². The molecule has 1 aliphatic carbocycles. The molecule has 110 valence electrons. The third-order valence-electron chi connectivity index (χ3n) is 4.44.